The fourth-order valence-electron chi connectivity index (χ4n) is 1.83. The maximum Gasteiger partial charge on any atom is 0.417 e. The summed E-state index contributed by atoms with van der Waals surface area (Å²) in [5, 5.41) is 8.82. The van der Waals surface area contributed by atoms with Crippen molar-refractivity contribution in [3.63, 3.8) is 0 Å². The average Bonchev–Trinajstić information content (AvgIpc) is 2.36. The predicted molar refractivity (Wildman–Crippen MR) is 61.5 cm³/mol. The molecule has 3 nitrogen and oxygen atoms in total. The SMILES string of the molecule is CCOC(=O)Cc1c(C#N)ccc(C(F)F)c1C(F)(F)F. The molecule has 0 radical (unpaired) electrons. The third-order valence-electron chi connectivity index (χ3n) is 2.61. The molecule has 8 heteroatoms. The summed E-state index contributed by atoms with van der Waals surface area (Å²) in [5.41, 5.74) is -4.19. The normalized spacial score (nSPS) is 11.3. The molecule has 0 heterocycles. The van der Waals surface area contributed by atoms with Gasteiger partial charge in [-0.3, -0.25) is 4.79 Å². The van der Waals surface area contributed by atoms with Gasteiger partial charge in [-0.25, -0.2) is 8.78 Å². The predicted octanol–water partition coefficient (Wildman–Crippen LogP) is 3.62. The quantitative estimate of drug-likeness (QED) is 0.630. The number of rotatable bonds is 4. The van der Waals surface area contributed by atoms with Crippen LogP contribution in [0.5, 0.6) is 0 Å². The molecule has 1 aromatic carbocycles. The van der Waals surface area contributed by atoms with Gasteiger partial charge in [0.25, 0.3) is 6.43 Å². The van der Waals surface area contributed by atoms with Gasteiger partial charge < -0.3 is 4.74 Å². The molecule has 21 heavy (non-hydrogen) atoms. The van der Waals surface area contributed by atoms with Crippen LogP contribution in [0.25, 0.3) is 0 Å². The molecular formula is C13H10F5NO2. The van der Waals surface area contributed by atoms with Crippen LogP contribution in [0.15, 0.2) is 12.1 Å². The zero-order chi connectivity index (χ0) is 16.2. The van der Waals surface area contributed by atoms with Gasteiger partial charge in [-0.1, -0.05) is 6.07 Å². The van der Waals surface area contributed by atoms with E-state index >= 15 is 0 Å². The molecule has 0 fully saturated rings. The summed E-state index contributed by atoms with van der Waals surface area (Å²) < 4.78 is 69.1. The summed E-state index contributed by atoms with van der Waals surface area (Å²) in [4.78, 5) is 11.4. The zero-order valence-electron chi connectivity index (χ0n) is 10.8. The van der Waals surface area contributed by atoms with Crippen LogP contribution in [0.4, 0.5) is 22.0 Å². The lowest BCUT2D eigenvalue weighted by molar-refractivity contribution is -0.144. The number of nitrogens with zero attached hydrogens (tertiary/aromatic N) is 1. The average molecular weight is 307 g/mol. The van der Waals surface area contributed by atoms with E-state index in [0.717, 1.165) is 6.07 Å². The van der Waals surface area contributed by atoms with Crippen molar-refractivity contribution < 1.29 is 31.5 Å². The lowest BCUT2D eigenvalue weighted by atomic mass is 9.93. The summed E-state index contributed by atoms with van der Waals surface area (Å²) in [6.45, 7) is 1.37. The lowest BCUT2D eigenvalue weighted by Gasteiger charge is -2.18. The van der Waals surface area contributed by atoms with Crippen molar-refractivity contribution in [2.75, 3.05) is 6.61 Å². The minimum Gasteiger partial charge on any atom is -0.466 e. The van der Waals surface area contributed by atoms with Crippen molar-refractivity contribution in [3.05, 3.63) is 34.4 Å². The Morgan fingerprint density at radius 2 is 2.00 bits per heavy atom. The van der Waals surface area contributed by atoms with Crippen molar-refractivity contribution in [1.29, 1.82) is 5.26 Å². The monoisotopic (exact) mass is 307 g/mol. The molecule has 0 aliphatic rings. The van der Waals surface area contributed by atoms with E-state index in [1.807, 2.05) is 0 Å². The van der Waals surface area contributed by atoms with E-state index in [1.165, 1.54) is 13.0 Å². The minimum absolute atomic E-state index is 0.0728. The molecule has 0 amide bonds. The van der Waals surface area contributed by atoms with Gasteiger partial charge in [0.15, 0.2) is 0 Å². The maximum absolute atomic E-state index is 13.0. The Morgan fingerprint density at radius 3 is 2.43 bits per heavy atom. The second kappa shape index (κ2) is 6.52. The molecule has 0 bridgehead atoms. The van der Waals surface area contributed by atoms with Crippen LogP contribution in [0, 0.1) is 11.3 Å². The molecule has 0 aliphatic carbocycles. The smallest absolute Gasteiger partial charge is 0.417 e. The minimum atomic E-state index is -5.11. The lowest BCUT2D eigenvalue weighted by Crippen LogP contribution is -2.18. The van der Waals surface area contributed by atoms with Crippen molar-refractivity contribution in [3.8, 4) is 6.07 Å². The highest BCUT2D eigenvalue weighted by atomic mass is 19.4. The first-order valence-electron chi connectivity index (χ1n) is 5.79. The Bertz CT molecular complexity index is 575. The van der Waals surface area contributed by atoms with E-state index in [-0.39, 0.29) is 6.61 Å². The Hall–Kier alpha value is -2.17. The number of halogens is 5. The second-order valence-corrected chi connectivity index (χ2v) is 3.95. The largest absolute Gasteiger partial charge is 0.466 e. The molecule has 0 N–H and O–H groups in total. The van der Waals surface area contributed by atoms with Gasteiger partial charge in [0.2, 0.25) is 0 Å². The molecule has 1 rings (SSSR count). The number of esters is 1. The van der Waals surface area contributed by atoms with Crippen LogP contribution in [0.1, 0.15) is 35.6 Å². The van der Waals surface area contributed by atoms with E-state index in [9.17, 15) is 26.7 Å². The molecule has 0 aromatic heterocycles. The molecule has 0 spiro atoms. The second-order valence-electron chi connectivity index (χ2n) is 3.95. The highest BCUT2D eigenvalue weighted by Gasteiger charge is 2.39. The summed E-state index contributed by atoms with van der Waals surface area (Å²) in [7, 11) is 0. The van der Waals surface area contributed by atoms with Crippen LogP contribution in [-0.2, 0) is 22.1 Å². The van der Waals surface area contributed by atoms with Gasteiger partial charge in [0, 0.05) is 5.56 Å². The Kier molecular flexibility index (Phi) is 5.24. The fraction of sp³-hybridized carbons (Fsp3) is 0.385. The molecule has 0 saturated carbocycles. The van der Waals surface area contributed by atoms with Gasteiger partial charge in [0.05, 0.1) is 30.2 Å². The van der Waals surface area contributed by atoms with Crippen LogP contribution in [-0.4, -0.2) is 12.6 Å². The standard InChI is InChI=1S/C13H10F5NO2/c1-2-21-10(20)5-9-7(6-19)3-4-8(12(14)15)11(9)13(16,17)18/h3-4,12H,2,5H2,1H3. The summed E-state index contributed by atoms with van der Waals surface area (Å²) in [6, 6.07) is 2.85. The Labute approximate surface area is 116 Å². The summed E-state index contributed by atoms with van der Waals surface area (Å²) in [5.74, 6) is -1.02. The molecule has 114 valence electrons. The summed E-state index contributed by atoms with van der Waals surface area (Å²) in [6.07, 6.45) is -9.39. The molecule has 0 atom stereocenters. The van der Waals surface area contributed by atoms with Crippen LogP contribution < -0.4 is 0 Å². The van der Waals surface area contributed by atoms with Crippen LogP contribution in [0.3, 0.4) is 0 Å². The van der Waals surface area contributed by atoms with Crippen LogP contribution >= 0.6 is 0 Å². The van der Waals surface area contributed by atoms with Gasteiger partial charge in [-0.2, -0.15) is 18.4 Å². The summed E-state index contributed by atoms with van der Waals surface area (Å²) >= 11 is 0. The van der Waals surface area contributed by atoms with Crippen molar-refractivity contribution in [2.24, 2.45) is 0 Å². The third-order valence-corrected chi connectivity index (χ3v) is 2.61. The number of alkyl halides is 5. The number of carbonyl (C=O) groups is 1. The highest BCUT2D eigenvalue weighted by molar-refractivity contribution is 5.74. The first kappa shape index (κ1) is 16.9. The van der Waals surface area contributed by atoms with E-state index in [2.05, 4.69) is 4.74 Å². The van der Waals surface area contributed by atoms with Crippen molar-refractivity contribution in [1.82, 2.24) is 0 Å². The van der Waals surface area contributed by atoms with Crippen molar-refractivity contribution >= 4 is 5.97 Å². The van der Waals surface area contributed by atoms with Gasteiger partial charge in [0.1, 0.15) is 0 Å². The van der Waals surface area contributed by atoms with Crippen molar-refractivity contribution in [2.45, 2.75) is 25.9 Å². The fourth-order valence-corrected chi connectivity index (χ4v) is 1.83. The number of benzene rings is 1. The number of nitriles is 1. The Morgan fingerprint density at radius 1 is 1.38 bits per heavy atom. The Balaban J connectivity index is 3.52. The van der Waals surface area contributed by atoms with E-state index in [1.54, 1.807) is 0 Å². The molecule has 1 aromatic rings. The third kappa shape index (κ3) is 3.90. The number of carbonyl (C=O) groups excluding carboxylic acids is 1. The maximum atomic E-state index is 13.0. The number of hydrogen-bond donors (Lipinski definition) is 0. The van der Waals surface area contributed by atoms with Gasteiger partial charge in [-0.15, -0.1) is 0 Å². The molecular weight excluding hydrogens is 297 g/mol. The topological polar surface area (TPSA) is 50.1 Å². The molecule has 0 aliphatic heterocycles. The van der Waals surface area contributed by atoms with E-state index in [4.69, 9.17) is 5.26 Å². The number of ether oxygens (including phenoxy) is 1. The van der Waals surface area contributed by atoms with E-state index in [0.29, 0.717) is 6.07 Å². The molecule has 0 saturated heterocycles. The zero-order valence-corrected chi connectivity index (χ0v) is 10.8. The van der Waals surface area contributed by atoms with Gasteiger partial charge >= 0.3 is 12.1 Å². The first-order valence-corrected chi connectivity index (χ1v) is 5.79. The van der Waals surface area contributed by atoms with Crippen LogP contribution in [0.2, 0.25) is 0 Å². The number of hydrogen-bond acceptors (Lipinski definition) is 3. The first-order chi connectivity index (χ1) is 9.72. The highest BCUT2D eigenvalue weighted by Crippen LogP contribution is 2.40. The van der Waals surface area contributed by atoms with Gasteiger partial charge in [-0.05, 0) is 18.6 Å². The molecule has 0 unspecified atom stereocenters. The van der Waals surface area contributed by atoms with E-state index < -0.39 is 47.2 Å².